The predicted octanol–water partition coefficient (Wildman–Crippen LogP) is 18.9. The van der Waals surface area contributed by atoms with Crippen LogP contribution in [0.2, 0.25) is 0 Å². The van der Waals surface area contributed by atoms with E-state index in [0.29, 0.717) is 23.9 Å². The summed E-state index contributed by atoms with van der Waals surface area (Å²) in [6.45, 7) is 4.74. The van der Waals surface area contributed by atoms with Crippen molar-refractivity contribution in [2.75, 3.05) is 47.5 Å². The molecule has 0 heterocycles. The number of quaternary nitrogens is 1. The van der Waals surface area contributed by atoms with Gasteiger partial charge in [-0.3, -0.25) is 9.59 Å². The van der Waals surface area contributed by atoms with Gasteiger partial charge in [-0.2, -0.15) is 0 Å². The second-order valence-electron chi connectivity index (χ2n) is 22.0. The average Bonchev–Trinajstić information content (AvgIpc) is 3.40. The largest absolute Gasteiger partial charge is 0.477 e. The molecule has 442 valence electrons. The summed E-state index contributed by atoms with van der Waals surface area (Å²) in [6, 6.07) is 0. The summed E-state index contributed by atoms with van der Waals surface area (Å²) in [6.07, 6.45) is 76.3. The number of carbonyl (C=O) groups is 3. The number of nitrogens with zero attached hydrogens (tertiary/aromatic N) is 1. The lowest BCUT2D eigenvalue weighted by atomic mass is 10.0. The van der Waals surface area contributed by atoms with Gasteiger partial charge in [0.1, 0.15) is 13.2 Å². The number of likely N-dealkylation sites (N-methyl/N-ethyl adjacent to an activating group) is 1. The summed E-state index contributed by atoms with van der Waals surface area (Å²) in [5.74, 6) is -2.01. The standard InChI is InChI=1S/C68H117NO8/c1-6-8-10-12-14-16-18-20-22-24-26-27-28-29-30-31-32-33-34-35-36-37-38-39-41-43-45-47-49-51-53-55-57-59-66(71)77-64(63-76-68(67(72)73)74-61-60-69(3,4)5)62-75-65(70)58-56-54-52-50-48-46-44-42-40-25-23-21-19-17-15-13-11-9-7-2/h8,10,14-17,20-23,26-27,29-30,32-33,64,68H,6-7,9,11-13,18-19,24-25,28,31,34-63H2,1-5H3/p+1/b10-8-,16-14-,17-15-,22-20-,23-21-,27-26-,30-29-,33-32-. The molecule has 0 aliphatic rings. The summed E-state index contributed by atoms with van der Waals surface area (Å²) in [7, 11) is 5.97. The fraction of sp³-hybridized carbons (Fsp3) is 0.721. The highest BCUT2D eigenvalue weighted by atomic mass is 16.7. The highest BCUT2D eigenvalue weighted by molar-refractivity contribution is 5.71. The number of allylic oxidation sites excluding steroid dienone is 16. The van der Waals surface area contributed by atoms with Gasteiger partial charge in [-0.25, -0.2) is 4.79 Å². The Kier molecular flexibility index (Phi) is 55.5. The molecule has 0 spiro atoms. The van der Waals surface area contributed by atoms with E-state index in [1.165, 1.54) is 148 Å². The van der Waals surface area contributed by atoms with Crippen LogP contribution in [0.25, 0.3) is 0 Å². The van der Waals surface area contributed by atoms with Crippen LogP contribution in [0.15, 0.2) is 97.2 Å². The number of rotatable bonds is 57. The molecule has 0 aliphatic carbocycles. The average molecular weight is 1080 g/mol. The lowest BCUT2D eigenvalue weighted by Crippen LogP contribution is -2.40. The lowest BCUT2D eigenvalue weighted by molar-refractivity contribution is -0.870. The van der Waals surface area contributed by atoms with E-state index in [9.17, 15) is 19.5 Å². The minimum atomic E-state index is -1.52. The van der Waals surface area contributed by atoms with E-state index >= 15 is 0 Å². The molecular formula is C68H118NO8+. The normalized spacial score (nSPS) is 13.4. The Morgan fingerprint density at radius 2 is 0.740 bits per heavy atom. The molecule has 0 aromatic rings. The molecule has 1 N–H and O–H groups in total. The van der Waals surface area contributed by atoms with E-state index < -0.39 is 24.3 Å². The van der Waals surface area contributed by atoms with Crippen LogP contribution in [-0.2, 0) is 33.3 Å². The van der Waals surface area contributed by atoms with Crippen molar-refractivity contribution in [1.82, 2.24) is 0 Å². The van der Waals surface area contributed by atoms with Gasteiger partial charge in [0.15, 0.2) is 6.10 Å². The second-order valence-corrected chi connectivity index (χ2v) is 22.0. The van der Waals surface area contributed by atoms with Crippen molar-refractivity contribution in [1.29, 1.82) is 0 Å². The third-order valence-electron chi connectivity index (χ3n) is 13.3. The van der Waals surface area contributed by atoms with E-state index in [1.54, 1.807) is 0 Å². The lowest BCUT2D eigenvalue weighted by Gasteiger charge is -2.25. The number of hydrogen-bond acceptors (Lipinski definition) is 7. The van der Waals surface area contributed by atoms with E-state index in [4.69, 9.17) is 18.9 Å². The van der Waals surface area contributed by atoms with Gasteiger partial charge in [0, 0.05) is 12.8 Å². The Hall–Kier alpha value is -3.79. The Morgan fingerprint density at radius 3 is 1.10 bits per heavy atom. The van der Waals surface area contributed by atoms with E-state index in [-0.39, 0.29) is 32.2 Å². The van der Waals surface area contributed by atoms with Crippen molar-refractivity contribution in [3.8, 4) is 0 Å². The molecule has 0 aromatic carbocycles. The molecule has 0 radical (unpaired) electrons. The molecule has 0 aliphatic heterocycles. The van der Waals surface area contributed by atoms with Crippen LogP contribution in [0.1, 0.15) is 258 Å². The minimum Gasteiger partial charge on any atom is -0.477 e. The molecule has 77 heavy (non-hydrogen) atoms. The number of carboxylic acid groups (broad SMARTS) is 1. The number of carboxylic acids is 1. The van der Waals surface area contributed by atoms with Crippen molar-refractivity contribution < 1.29 is 42.9 Å². The quantitative estimate of drug-likeness (QED) is 0.0211. The highest BCUT2D eigenvalue weighted by Gasteiger charge is 2.25. The second kappa shape index (κ2) is 58.4. The van der Waals surface area contributed by atoms with E-state index in [2.05, 4.69) is 111 Å². The fourth-order valence-electron chi connectivity index (χ4n) is 8.52. The van der Waals surface area contributed by atoms with Crippen LogP contribution in [-0.4, -0.2) is 87.4 Å². The maximum absolute atomic E-state index is 12.9. The summed E-state index contributed by atoms with van der Waals surface area (Å²) >= 11 is 0. The van der Waals surface area contributed by atoms with Crippen molar-refractivity contribution in [3.05, 3.63) is 97.2 Å². The van der Waals surface area contributed by atoms with Gasteiger partial charge in [0.05, 0.1) is 34.4 Å². The SMILES string of the molecule is CC/C=C\C/C=C\C/C=C\C/C=C\C/C=C\C/C=C\CCCCCCCCCCCCCCCCC(=O)OC(COC(=O)CCCCCCCCCCC/C=C\C/C=C\CCCCC)COC(OCC[N+](C)(C)C)C(=O)O. The van der Waals surface area contributed by atoms with Gasteiger partial charge < -0.3 is 28.5 Å². The molecule has 0 aromatic heterocycles. The van der Waals surface area contributed by atoms with Crippen molar-refractivity contribution in [2.24, 2.45) is 0 Å². The van der Waals surface area contributed by atoms with Crippen molar-refractivity contribution in [2.45, 2.75) is 270 Å². The van der Waals surface area contributed by atoms with Gasteiger partial charge >= 0.3 is 17.9 Å². The summed E-state index contributed by atoms with van der Waals surface area (Å²) in [4.78, 5) is 37.5. The van der Waals surface area contributed by atoms with Crippen LogP contribution in [0, 0.1) is 0 Å². The molecule has 9 heteroatoms. The predicted molar refractivity (Wildman–Crippen MR) is 327 cm³/mol. The molecule has 2 unspecified atom stereocenters. The smallest absolute Gasteiger partial charge is 0.361 e. The van der Waals surface area contributed by atoms with Crippen LogP contribution in [0.4, 0.5) is 0 Å². The Morgan fingerprint density at radius 1 is 0.403 bits per heavy atom. The molecule has 0 rings (SSSR count). The number of aliphatic carboxylic acids is 1. The number of hydrogen-bond donors (Lipinski definition) is 1. The first kappa shape index (κ1) is 73.2. The topological polar surface area (TPSA) is 108 Å². The highest BCUT2D eigenvalue weighted by Crippen LogP contribution is 2.16. The number of ether oxygens (including phenoxy) is 4. The number of esters is 2. The monoisotopic (exact) mass is 1080 g/mol. The van der Waals surface area contributed by atoms with Crippen LogP contribution < -0.4 is 0 Å². The van der Waals surface area contributed by atoms with Gasteiger partial charge in [0.25, 0.3) is 6.29 Å². The zero-order valence-corrected chi connectivity index (χ0v) is 50.3. The maximum atomic E-state index is 12.9. The molecule has 0 bridgehead atoms. The van der Waals surface area contributed by atoms with Gasteiger partial charge in [-0.05, 0) is 96.3 Å². The third kappa shape index (κ3) is 59.7. The molecule has 9 nitrogen and oxygen atoms in total. The molecule has 0 amide bonds. The first-order valence-electron chi connectivity index (χ1n) is 31.4. The van der Waals surface area contributed by atoms with Crippen LogP contribution >= 0.6 is 0 Å². The summed E-state index contributed by atoms with van der Waals surface area (Å²) < 4.78 is 22.9. The van der Waals surface area contributed by atoms with Crippen molar-refractivity contribution in [3.63, 3.8) is 0 Å². The Bertz CT molecular complexity index is 1580. The molecule has 0 saturated heterocycles. The van der Waals surface area contributed by atoms with Crippen LogP contribution in [0.5, 0.6) is 0 Å². The molecular weight excluding hydrogens is 959 g/mol. The number of unbranched alkanes of at least 4 members (excludes halogenated alkanes) is 26. The fourth-order valence-corrected chi connectivity index (χ4v) is 8.52. The Labute approximate surface area is 473 Å². The van der Waals surface area contributed by atoms with Crippen LogP contribution in [0.3, 0.4) is 0 Å². The van der Waals surface area contributed by atoms with E-state index in [1.807, 2.05) is 21.1 Å². The van der Waals surface area contributed by atoms with Crippen molar-refractivity contribution >= 4 is 17.9 Å². The third-order valence-corrected chi connectivity index (χ3v) is 13.3. The van der Waals surface area contributed by atoms with Gasteiger partial charge in [-0.15, -0.1) is 0 Å². The van der Waals surface area contributed by atoms with Gasteiger partial charge in [-0.1, -0.05) is 246 Å². The summed E-state index contributed by atoms with van der Waals surface area (Å²) in [5, 5.41) is 9.72. The van der Waals surface area contributed by atoms with Gasteiger partial charge in [0.2, 0.25) is 0 Å². The molecule has 0 saturated carbocycles. The molecule has 2 atom stereocenters. The first-order valence-corrected chi connectivity index (χ1v) is 31.4. The Balaban J connectivity index is 4.16. The maximum Gasteiger partial charge on any atom is 0.361 e. The molecule has 0 fully saturated rings. The minimum absolute atomic E-state index is 0.184. The summed E-state index contributed by atoms with van der Waals surface area (Å²) in [5.41, 5.74) is 0. The number of carbonyl (C=O) groups excluding carboxylic acids is 2. The zero-order valence-electron chi connectivity index (χ0n) is 50.3. The van der Waals surface area contributed by atoms with E-state index in [0.717, 1.165) is 77.0 Å². The zero-order chi connectivity index (χ0) is 56.2. The first-order chi connectivity index (χ1) is 37.6.